The lowest BCUT2D eigenvalue weighted by atomic mass is 10.8. The van der Waals surface area contributed by atoms with E-state index < -0.39 is 8.56 Å². The molecule has 84 valence electrons. The molecule has 2 atom stereocenters. The van der Waals surface area contributed by atoms with Gasteiger partial charge in [0.15, 0.2) is 0 Å². The molecule has 0 saturated heterocycles. The predicted molar refractivity (Wildman–Crippen MR) is 56.9 cm³/mol. The van der Waals surface area contributed by atoms with Gasteiger partial charge in [-0.3, -0.25) is 0 Å². The molecule has 0 aromatic rings. The fourth-order valence-corrected chi connectivity index (χ4v) is 2.64. The van der Waals surface area contributed by atoms with Gasteiger partial charge in [0.05, 0.1) is 0 Å². The largest absolute Gasteiger partial charge is 0.365 e. The maximum atomic E-state index is 5.61. The Labute approximate surface area is 87.1 Å². The molecule has 5 heteroatoms. The van der Waals surface area contributed by atoms with Gasteiger partial charge in [0.1, 0.15) is 12.6 Å². The Morgan fingerprint density at radius 3 is 1.64 bits per heavy atom. The summed E-state index contributed by atoms with van der Waals surface area (Å²) in [4.78, 5) is 0. The first-order valence-electron chi connectivity index (χ1n) is 4.52. The molecule has 14 heavy (non-hydrogen) atoms. The van der Waals surface area contributed by atoms with Crippen LogP contribution < -0.4 is 0 Å². The lowest BCUT2D eigenvalue weighted by Crippen LogP contribution is -2.43. The molecule has 0 aliphatic heterocycles. The lowest BCUT2D eigenvalue weighted by Gasteiger charge is -2.29. The molecule has 0 aromatic carbocycles. The average molecular weight is 220 g/mol. The van der Waals surface area contributed by atoms with Crippen LogP contribution in [0, 0.1) is 0 Å². The van der Waals surface area contributed by atoms with E-state index >= 15 is 0 Å². The van der Waals surface area contributed by atoms with Gasteiger partial charge >= 0.3 is 8.56 Å². The first kappa shape index (κ1) is 13.8. The summed E-state index contributed by atoms with van der Waals surface area (Å²) < 4.78 is 21.2. The molecule has 0 radical (unpaired) electrons. The van der Waals surface area contributed by atoms with Gasteiger partial charge in [-0.2, -0.15) is 0 Å². The minimum atomic E-state index is -2.38. The van der Waals surface area contributed by atoms with Gasteiger partial charge in [0, 0.05) is 14.2 Å². The second-order valence-electron chi connectivity index (χ2n) is 3.06. The Morgan fingerprint density at radius 1 is 1.07 bits per heavy atom. The molecule has 0 rings (SSSR count). The standard InChI is InChI=1S/C9H20O4Si/c1-7-14(6,12-8(2)10-4)13-9(3)11-5/h7-9H,1H2,2-6H3. The fourth-order valence-electron chi connectivity index (χ4n) is 0.879. The third-order valence-electron chi connectivity index (χ3n) is 1.83. The summed E-state index contributed by atoms with van der Waals surface area (Å²) in [5.74, 6) is 0. The third-order valence-corrected chi connectivity index (χ3v) is 4.18. The van der Waals surface area contributed by atoms with Gasteiger partial charge in [0.25, 0.3) is 0 Å². The van der Waals surface area contributed by atoms with E-state index in [4.69, 9.17) is 18.3 Å². The first-order chi connectivity index (χ1) is 6.47. The highest BCUT2D eigenvalue weighted by Crippen LogP contribution is 2.14. The lowest BCUT2D eigenvalue weighted by molar-refractivity contribution is -0.0984. The van der Waals surface area contributed by atoms with Crippen LogP contribution in [0.4, 0.5) is 0 Å². The molecule has 0 saturated carbocycles. The second kappa shape index (κ2) is 6.31. The van der Waals surface area contributed by atoms with Crippen molar-refractivity contribution in [3.05, 3.63) is 12.3 Å². The van der Waals surface area contributed by atoms with Gasteiger partial charge in [-0.05, 0) is 26.1 Å². The van der Waals surface area contributed by atoms with E-state index in [1.54, 1.807) is 19.9 Å². The Bertz CT molecular complexity index is 162. The molecule has 2 unspecified atom stereocenters. The maximum Gasteiger partial charge on any atom is 0.365 e. The molecule has 0 amide bonds. The Hall–Kier alpha value is -0.203. The molecular weight excluding hydrogens is 200 g/mol. The van der Waals surface area contributed by atoms with Gasteiger partial charge < -0.3 is 18.3 Å². The number of hydrogen-bond donors (Lipinski definition) is 0. The number of methoxy groups -OCH3 is 2. The minimum absolute atomic E-state index is 0.297. The maximum absolute atomic E-state index is 5.61. The normalized spacial score (nSPS) is 19.8. The van der Waals surface area contributed by atoms with Crippen LogP contribution in [-0.4, -0.2) is 35.4 Å². The van der Waals surface area contributed by atoms with Crippen molar-refractivity contribution in [2.24, 2.45) is 0 Å². The molecular formula is C9H20O4Si. The molecule has 0 fully saturated rings. The summed E-state index contributed by atoms with van der Waals surface area (Å²) in [5, 5.41) is 0. The van der Waals surface area contributed by atoms with Crippen molar-refractivity contribution < 1.29 is 18.3 Å². The zero-order chi connectivity index (χ0) is 11.2. The molecule has 0 heterocycles. The van der Waals surface area contributed by atoms with Crippen LogP contribution in [0.2, 0.25) is 6.55 Å². The highest BCUT2D eigenvalue weighted by Gasteiger charge is 2.32. The second-order valence-corrected chi connectivity index (χ2v) is 5.97. The van der Waals surface area contributed by atoms with E-state index in [1.807, 2.05) is 20.4 Å². The monoisotopic (exact) mass is 220 g/mol. The number of ether oxygens (including phenoxy) is 2. The summed E-state index contributed by atoms with van der Waals surface area (Å²) in [7, 11) is 0.794. The Morgan fingerprint density at radius 2 is 1.43 bits per heavy atom. The zero-order valence-electron chi connectivity index (χ0n) is 9.57. The predicted octanol–water partition coefficient (Wildman–Crippen LogP) is 1.80. The van der Waals surface area contributed by atoms with Crippen molar-refractivity contribution in [3.63, 3.8) is 0 Å². The molecule has 4 nitrogen and oxygen atoms in total. The van der Waals surface area contributed by atoms with E-state index in [0.29, 0.717) is 0 Å². The van der Waals surface area contributed by atoms with Crippen LogP contribution in [0.3, 0.4) is 0 Å². The van der Waals surface area contributed by atoms with Crippen molar-refractivity contribution in [1.29, 1.82) is 0 Å². The molecule has 0 aliphatic rings. The van der Waals surface area contributed by atoms with Crippen molar-refractivity contribution in [3.8, 4) is 0 Å². The van der Waals surface area contributed by atoms with Crippen LogP contribution in [-0.2, 0) is 18.3 Å². The van der Waals surface area contributed by atoms with Crippen LogP contribution in [0.15, 0.2) is 12.3 Å². The van der Waals surface area contributed by atoms with Crippen LogP contribution in [0.5, 0.6) is 0 Å². The topological polar surface area (TPSA) is 36.9 Å². The van der Waals surface area contributed by atoms with Crippen molar-refractivity contribution in [1.82, 2.24) is 0 Å². The molecule has 0 bridgehead atoms. The number of hydrogen-bond acceptors (Lipinski definition) is 4. The summed E-state index contributed by atoms with van der Waals surface area (Å²) in [5.41, 5.74) is 1.71. The Balaban J connectivity index is 4.24. The van der Waals surface area contributed by atoms with Crippen molar-refractivity contribution >= 4 is 8.56 Å². The summed E-state index contributed by atoms with van der Waals surface area (Å²) in [6.07, 6.45) is -0.595. The van der Waals surface area contributed by atoms with E-state index in [0.717, 1.165) is 0 Å². The minimum Gasteiger partial charge on any atom is -0.365 e. The first-order valence-corrected chi connectivity index (χ1v) is 6.91. The molecule has 0 aliphatic carbocycles. The third kappa shape index (κ3) is 4.87. The Kier molecular flexibility index (Phi) is 6.22. The summed E-state index contributed by atoms with van der Waals surface area (Å²) >= 11 is 0. The molecule has 0 aromatic heterocycles. The van der Waals surface area contributed by atoms with Gasteiger partial charge in [-0.25, -0.2) is 0 Å². The van der Waals surface area contributed by atoms with Crippen molar-refractivity contribution in [2.45, 2.75) is 33.0 Å². The molecule has 0 N–H and O–H groups in total. The highest BCUT2D eigenvalue weighted by molar-refractivity contribution is 6.71. The summed E-state index contributed by atoms with van der Waals surface area (Å²) in [6, 6.07) is 0. The van der Waals surface area contributed by atoms with Gasteiger partial charge in [-0.1, -0.05) is 0 Å². The van der Waals surface area contributed by atoms with Crippen LogP contribution in [0.1, 0.15) is 13.8 Å². The van der Waals surface area contributed by atoms with E-state index in [1.165, 1.54) is 0 Å². The summed E-state index contributed by atoms with van der Waals surface area (Å²) in [6.45, 7) is 9.23. The van der Waals surface area contributed by atoms with E-state index in [-0.39, 0.29) is 12.6 Å². The van der Waals surface area contributed by atoms with E-state index in [2.05, 4.69) is 6.58 Å². The zero-order valence-corrected chi connectivity index (χ0v) is 10.6. The molecule has 0 spiro atoms. The van der Waals surface area contributed by atoms with Crippen molar-refractivity contribution in [2.75, 3.05) is 14.2 Å². The van der Waals surface area contributed by atoms with Crippen LogP contribution in [0.25, 0.3) is 0 Å². The quantitative estimate of drug-likeness (QED) is 0.484. The number of rotatable bonds is 7. The van der Waals surface area contributed by atoms with E-state index in [9.17, 15) is 0 Å². The smallest absolute Gasteiger partial charge is 0.365 e. The van der Waals surface area contributed by atoms with Crippen LogP contribution >= 0.6 is 0 Å². The fraction of sp³-hybridized carbons (Fsp3) is 0.778. The van der Waals surface area contributed by atoms with Gasteiger partial charge in [-0.15, -0.1) is 6.58 Å². The average Bonchev–Trinajstić information content (AvgIpc) is 2.17. The SMILES string of the molecule is C=C[Si](C)(OC(C)OC)OC(C)OC. The van der Waals surface area contributed by atoms with Gasteiger partial charge in [0.2, 0.25) is 0 Å². The highest BCUT2D eigenvalue weighted by atomic mass is 28.4.